The second-order valence-electron chi connectivity index (χ2n) is 4.10. The number of ether oxygens (including phenoxy) is 2. The van der Waals surface area contributed by atoms with E-state index in [-0.39, 0.29) is 5.97 Å². The van der Waals surface area contributed by atoms with Crippen LogP contribution in [-0.2, 0) is 22.3 Å². The fourth-order valence-corrected chi connectivity index (χ4v) is 3.15. The van der Waals surface area contributed by atoms with Crippen LogP contribution >= 0.6 is 11.3 Å². The number of rotatable bonds is 5. The molecular weight excluding hydrogens is 236 g/mol. The second kappa shape index (κ2) is 6.17. The Balaban J connectivity index is 1.88. The number of hydrogen-bond acceptors (Lipinski definition) is 4. The molecular formula is C13H18O3S. The van der Waals surface area contributed by atoms with Gasteiger partial charge < -0.3 is 9.47 Å². The Labute approximate surface area is 106 Å². The van der Waals surface area contributed by atoms with Crippen molar-refractivity contribution >= 4 is 17.3 Å². The van der Waals surface area contributed by atoms with E-state index in [1.54, 1.807) is 11.3 Å². The van der Waals surface area contributed by atoms with Gasteiger partial charge >= 0.3 is 5.97 Å². The van der Waals surface area contributed by atoms with Gasteiger partial charge in [0.25, 0.3) is 0 Å². The molecule has 17 heavy (non-hydrogen) atoms. The third kappa shape index (κ3) is 3.30. The van der Waals surface area contributed by atoms with Crippen molar-refractivity contribution in [2.24, 2.45) is 0 Å². The average Bonchev–Trinajstić information content (AvgIpc) is 2.78. The predicted molar refractivity (Wildman–Crippen MR) is 67.7 cm³/mol. The van der Waals surface area contributed by atoms with E-state index in [2.05, 4.69) is 0 Å². The highest BCUT2D eigenvalue weighted by Crippen LogP contribution is 2.29. The van der Waals surface area contributed by atoms with Crippen molar-refractivity contribution in [3.63, 3.8) is 0 Å². The van der Waals surface area contributed by atoms with E-state index in [1.807, 2.05) is 13.0 Å². The first-order valence-electron chi connectivity index (χ1n) is 6.17. The third-order valence-corrected chi connectivity index (χ3v) is 4.08. The van der Waals surface area contributed by atoms with E-state index in [0.717, 1.165) is 17.7 Å². The van der Waals surface area contributed by atoms with Crippen LogP contribution in [0.4, 0.5) is 0 Å². The van der Waals surface area contributed by atoms with Gasteiger partial charge in [-0.25, -0.2) is 4.79 Å². The summed E-state index contributed by atoms with van der Waals surface area (Å²) in [5, 5.41) is 0. The van der Waals surface area contributed by atoms with E-state index in [1.165, 1.54) is 23.3 Å². The quantitative estimate of drug-likeness (QED) is 0.598. The minimum Gasteiger partial charge on any atom is -0.459 e. The molecule has 1 aromatic rings. The number of esters is 1. The van der Waals surface area contributed by atoms with Crippen molar-refractivity contribution in [2.45, 2.75) is 32.6 Å². The van der Waals surface area contributed by atoms with Crippen LogP contribution in [0.2, 0.25) is 0 Å². The fraction of sp³-hybridized carbons (Fsp3) is 0.615. The van der Waals surface area contributed by atoms with Gasteiger partial charge in [-0.3, -0.25) is 0 Å². The van der Waals surface area contributed by atoms with Gasteiger partial charge in [0.2, 0.25) is 0 Å². The van der Waals surface area contributed by atoms with Crippen LogP contribution in [0.3, 0.4) is 0 Å². The van der Waals surface area contributed by atoms with Gasteiger partial charge in [0, 0.05) is 11.5 Å². The maximum atomic E-state index is 11.8. The molecule has 4 heteroatoms. The van der Waals surface area contributed by atoms with Gasteiger partial charge in [0.1, 0.15) is 11.5 Å². The summed E-state index contributed by atoms with van der Waals surface area (Å²) in [5.41, 5.74) is 1.35. The molecule has 0 saturated heterocycles. The van der Waals surface area contributed by atoms with Crippen LogP contribution in [0.1, 0.15) is 39.9 Å². The van der Waals surface area contributed by atoms with Crippen molar-refractivity contribution in [3.05, 3.63) is 21.4 Å². The van der Waals surface area contributed by atoms with Gasteiger partial charge in [-0.2, -0.15) is 0 Å². The second-order valence-corrected chi connectivity index (χ2v) is 5.24. The van der Waals surface area contributed by atoms with Crippen LogP contribution in [0.5, 0.6) is 0 Å². The van der Waals surface area contributed by atoms with Gasteiger partial charge in [-0.05, 0) is 44.2 Å². The lowest BCUT2D eigenvalue weighted by atomic mass is 9.99. The number of aryl methyl sites for hydroxylation is 2. The van der Waals surface area contributed by atoms with Crippen LogP contribution in [-0.4, -0.2) is 25.8 Å². The van der Waals surface area contributed by atoms with Crippen molar-refractivity contribution in [1.29, 1.82) is 0 Å². The maximum Gasteiger partial charge on any atom is 0.348 e. The Morgan fingerprint density at radius 2 is 2.18 bits per heavy atom. The first-order chi connectivity index (χ1) is 8.31. The zero-order valence-corrected chi connectivity index (χ0v) is 11.0. The monoisotopic (exact) mass is 254 g/mol. The minimum atomic E-state index is -0.205. The molecule has 3 nitrogen and oxygen atoms in total. The molecule has 0 aromatic carbocycles. The molecule has 0 radical (unpaired) electrons. The number of thiophene rings is 1. The SMILES string of the molecule is CCOCCOC(=O)c1cc2c(s1)CCCC2. The van der Waals surface area contributed by atoms with Crippen LogP contribution in [0, 0.1) is 0 Å². The molecule has 0 saturated carbocycles. The Morgan fingerprint density at radius 3 is 2.94 bits per heavy atom. The molecule has 0 unspecified atom stereocenters. The average molecular weight is 254 g/mol. The van der Waals surface area contributed by atoms with Gasteiger partial charge in [0.15, 0.2) is 0 Å². The highest BCUT2D eigenvalue weighted by molar-refractivity contribution is 7.14. The zero-order valence-electron chi connectivity index (χ0n) is 10.2. The maximum absolute atomic E-state index is 11.8. The van der Waals surface area contributed by atoms with E-state index in [0.29, 0.717) is 19.8 Å². The molecule has 1 aliphatic carbocycles. The summed E-state index contributed by atoms with van der Waals surface area (Å²) in [4.78, 5) is 13.9. The molecule has 0 N–H and O–H groups in total. The smallest absolute Gasteiger partial charge is 0.348 e. The highest BCUT2D eigenvalue weighted by atomic mass is 32.1. The first-order valence-corrected chi connectivity index (χ1v) is 6.99. The summed E-state index contributed by atoms with van der Waals surface area (Å²) in [7, 11) is 0. The lowest BCUT2D eigenvalue weighted by Gasteiger charge is -2.08. The van der Waals surface area contributed by atoms with E-state index in [9.17, 15) is 4.79 Å². The molecule has 1 heterocycles. The summed E-state index contributed by atoms with van der Waals surface area (Å²) in [6, 6.07) is 2.00. The van der Waals surface area contributed by atoms with Crippen LogP contribution in [0.25, 0.3) is 0 Å². The molecule has 0 bridgehead atoms. The summed E-state index contributed by atoms with van der Waals surface area (Å²) < 4.78 is 10.3. The highest BCUT2D eigenvalue weighted by Gasteiger charge is 2.17. The molecule has 0 spiro atoms. The van der Waals surface area contributed by atoms with Gasteiger partial charge in [-0.15, -0.1) is 11.3 Å². The molecule has 94 valence electrons. The lowest BCUT2D eigenvalue weighted by molar-refractivity contribution is 0.0340. The van der Waals surface area contributed by atoms with Gasteiger partial charge in [-0.1, -0.05) is 0 Å². The molecule has 0 amide bonds. The standard InChI is InChI=1S/C13H18O3S/c1-2-15-7-8-16-13(14)12-9-10-5-3-4-6-11(10)17-12/h9H,2-8H2,1H3. The topological polar surface area (TPSA) is 35.5 Å². The Kier molecular flexibility index (Phi) is 4.57. The Morgan fingerprint density at radius 1 is 1.35 bits per heavy atom. The number of hydrogen-bond donors (Lipinski definition) is 0. The summed E-state index contributed by atoms with van der Waals surface area (Å²) in [6.45, 7) is 3.41. The third-order valence-electron chi connectivity index (χ3n) is 2.86. The predicted octanol–water partition coefficient (Wildman–Crippen LogP) is 2.82. The first kappa shape index (κ1) is 12.6. The molecule has 0 aliphatic heterocycles. The number of fused-ring (bicyclic) bond motifs is 1. The van der Waals surface area contributed by atoms with Crippen molar-refractivity contribution in [1.82, 2.24) is 0 Å². The Bertz CT molecular complexity index is 361. The number of carbonyl (C=O) groups is 1. The molecule has 0 fully saturated rings. The summed E-state index contributed by atoms with van der Waals surface area (Å²) >= 11 is 1.59. The molecule has 1 aliphatic rings. The van der Waals surface area contributed by atoms with Crippen molar-refractivity contribution < 1.29 is 14.3 Å². The molecule has 1 aromatic heterocycles. The van der Waals surface area contributed by atoms with Crippen molar-refractivity contribution in [2.75, 3.05) is 19.8 Å². The van der Waals surface area contributed by atoms with E-state index < -0.39 is 0 Å². The van der Waals surface area contributed by atoms with Crippen LogP contribution < -0.4 is 0 Å². The number of carbonyl (C=O) groups excluding carboxylic acids is 1. The summed E-state index contributed by atoms with van der Waals surface area (Å²) in [6.07, 6.45) is 4.71. The largest absolute Gasteiger partial charge is 0.459 e. The summed E-state index contributed by atoms with van der Waals surface area (Å²) in [5.74, 6) is -0.205. The van der Waals surface area contributed by atoms with E-state index >= 15 is 0 Å². The molecule has 0 atom stereocenters. The van der Waals surface area contributed by atoms with Crippen LogP contribution in [0.15, 0.2) is 6.07 Å². The minimum absolute atomic E-state index is 0.205. The van der Waals surface area contributed by atoms with E-state index in [4.69, 9.17) is 9.47 Å². The molecule has 2 rings (SSSR count). The Hall–Kier alpha value is -0.870. The fourth-order valence-electron chi connectivity index (χ4n) is 2.00. The van der Waals surface area contributed by atoms with Gasteiger partial charge in [0.05, 0.1) is 6.61 Å². The lowest BCUT2D eigenvalue weighted by Crippen LogP contribution is -2.09. The normalized spacial score (nSPS) is 14.4. The zero-order chi connectivity index (χ0) is 12.1. The van der Waals surface area contributed by atoms with Crippen molar-refractivity contribution in [3.8, 4) is 0 Å².